The highest BCUT2D eigenvalue weighted by molar-refractivity contribution is 5.76. The number of amides is 1. The lowest BCUT2D eigenvalue weighted by molar-refractivity contribution is -0.122. The van der Waals surface area contributed by atoms with Crippen molar-refractivity contribution in [1.82, 2.24) is 10.2 Å². The van der Waals surface area contributed by atoms with E-state index >= 15 is 0 Å². The lowest BCUT2D eigenvalue weighted by Crippen LogP contribution is -2.44. The number of nitrogens with one attached hydrogen (secondary N) is 1. The van der Waals surface area contributed by atoms with Gasteiger partial charge in [0, 0.05) is 25.6 Å². The highest BCUT2D eigenvalue weighted by Gasteiger charge is 2.21. The highest BCUT2D eigenvalue weighted by atomic mass is 16.1. The van der Waals surface area contributed by atoms with Gasteiger partial charge < -0.3 is 5.32 Å². The summed E-state index contributed by atoms with van der Waals surface area (Å²) >= 11 is 0. The lowest BCUT2D eigenvalue weighted by atomic mass is 9.86. The number of hydrogen-bond acceptors (Lipinski definition) is 3. The van der Waals surface area contributed by atoms with E-state index in [0.29, 0.717) is 19.0 Å². The Bertz CT molecular complexity index is 336. The molecule has 2 aliphatic rings. The number of likely N-dealkylation sites (tertiary alicyclic amines) is 1. The second-order valence-corrected chi connectivity index (χ2v) is 6.32. The Kier molecular flexibility index (Phi) is 6.32. The molecule has 1 aliphatic heterocycles. The summed E-state index contributed by atoms with van der Waals surface area (Å²) in [6, 6.07) is 2.51. The Balaban J connectivity index is 1.59. The molecule has 112 valence electrons. The fourth-order valence-electron chi connectivity index (χ4n) is 3.45. The van der Waals surface area contributed by atoms with Crippen molar-refractivity contribution in [2.45, 2.75) is 63.8 Å². The first kappa shape index (κ1) is 15.3. The van der Waals surface area contributed by atoms with Crippen LogP contribution in [0.5, 0.6) is 0 Å². The van der Waals surface area contributed by atoms with Crippen molar-refractivity contribution in [2.24, 2.45) is 5.92 Å². The standard InChI is InChI=1S/C16H27N3O/c17-10-13-19-11-8-15(9-12-19)18-16(20)7-6-14-4-2-1-3-5-14/h14-15H,1-9,11-13H2,(H,18,20). The number of piperidine rings is 1. The predicted octanol–water partition coefficient (Wildman–Crippen LogP) is 2.45. The van der Waals surface area contributed by atoms with Crippen molar-refractivity contribution >= 4 is 5.91 Å². The fraction of sp³-hybridized carbons (Fsp3) is 0.875. The van der Waals surface area contributed by atoms with Gasteiger partial charge in [0.2, 0.25) is 5.91 Å². The monoisotopic (exact) mass is 277 g/mol. The Labute approximate surface area is 122 Å². The van der Waals surface area contributed by atoms with Crippen LogP contribution in [0.15, 0.2) is 0 Å². The van der Waals surface area contributed by atoms with Crippen molar-refractivity contribution in [1.29, 1.82) is 5.26 Å². The predicted molar refractivity (Wildman–Crippen MR) is 79.0 cm³/mol. The van der Waals surface area contributed by atoms with Crippen LogP contribution in [0.4, 0.5) is 0 Å². The van der Waals surface area contributed by atoms with Crippen molar-refractivity contribution in [3.8, 4) is 6.07 Å². The molecule has 0 aromatic rings. The summed E-state index contributed by atoms with van der Waals surface area (Å²) in [5.74, 6) is 1.02. The number of carbonyl (C=O) groups excluding carboxylic acids is 1. The molecule has 0 bridgehead atoms. The summed E-state index contributed by atoms with van der Waals surface area (Å²) in [5, 5.41) is 11.8. The third kappa shape index (κ3) is 5.13. The largest absolute Gasteiger partial charge is 0.353 e. The van der Waals surface area contributed by atoms with Crippen LogP contribution in [0.3, 0.4) is 0 Å². The molecule has 0 spiro atoms. The van der Waals surface area contributed by atoms with Crippen LogP contribution in [-0.2, 0) is 4.79 Å². The van der Waals surface area contributed by atoms with E-state index in [9.17, 15) is 4.79 Å². The van der Waals surface area contributed by atoms with E-state index in [-0.39, 0.29) is 5.91 Å². The van der Waals surface area contributed by atoms with Gasteiger partial charge in [-0.3, -0.25) is 9.69 Å². The van der Waals surface area contributed by atoms with Gasteiger partial charge in [0.1, 0.15) is 0 Å². The van der Waals surface area contributed by atoms with Crippen molar-refractivity contribution in [3.05, 3.63) is 0 Å². The molecular formula is C16H27N3O. The molecule has 1 saturated carbocycles. The van der Waals surface area contributed by atoms with Crippen LogP contribution in [0.25, 0.3) is 0 Å². The molecule has 1 saturated heterocycles. The van der Waals surface area contributed by atoms with Crippen LogP contribution in [0, 0.1) is 17.2 Å². The molecule has 4 nitrogen and oxygen atoms in total. The van der Waals surface area contributed by atoms with Crippen molar-refractivity contribution < 1.29 is 4.79 Å². The number of rotatable bonds is 5. The average Bonchev–Trinajstić information content (AvgIpc) is 2.49. The number of nitriles is 1. The van der Waals surface area contributed by atoms with Gasteiger partial charge in [-0.2, -0.15) is 5.26 Å². The van der Waals surface area contributed by atoms with Crippen LogP contribution in [-0.4, -0.2) is 36.5 Å². The third-order valence-electron chi connectivity index (χ3n) is 4.75. The molecule has 1 N–H and O–H groups in total. The molecule has 1 aliphatic carbocycles. The Morgan fingerprint density at radius 2 is 1.85 bits per heavy atom. The Hall–Kier alpha value is -1.08. The normalized spacial score (nSPS) is 22.4. The molecule has 4 heteroatoms. The van der Waals surface area contributed by atoms with Gasteiger partial charge in [-0.1, -0.05) is 32.1 Å². The maximum absolute atomic E-state index is 12.0. The minimum absolute atomic E-state index is 0.231. The maximum atomic E-state index is 12.0. The number of nitrogens with zero attached hydrogens (tertiary/aromatic N) is 2. The van der Waals surface area contributed by atoms with Crippen LogP contribution < -0.4 is 5.32 Å². The second-order valence-electron chi connectivity index (χ2n) is 6.32. The second kappa shape index (κ2) is 8.26. The smallest absolute Gasteiger partial charge is 0.220 e. The molecule has 1 amide bonds. The minimum Gasteiger partial charge on any atom is -0.353 e. The summed E-state index contributed by atoms with van der Waals surface area (Å²) in [6.07, 6.45) is 10.5. The van der Waals surface area contributed by atoms with Gasteiger partial charge in [-0.25, -0.2) is 0 Å². The van der Waals surface area contributed by atoms with E-state index in [2.05, 4.69) is 16.3 Å². The quantitative estimate of drug-likeness (QED) is 0.785. The van der Waals surface area contributed by atoms with Crippen LogP contribution in [0.1, 0.15) is 57.8 Å². The van der Waals surface area contributed by atoms with Gasteiger partial charge in [0.05, 0.1) is 12.6 Å². The topological polar surface area (TPSA) is 56.1 Å². The van der Waals surface area contributed by atoms with Gasteiger partial charge >= 0.3 is 0 Å². The molecular weight excluding hydrogens is 250 g/mol. The van der Waals surface area contributed by atoms with E-state index in [4.69, 9.17) is 5.26 Å². The van der Waals surface area contributed by atoms with E-state index < -0.39 is 0 Å². The number of carbonyl (C=O) groups is 1. The molecule has 0 aromatic carbocycles. The van der Waals surface area contributed by atoms with Crippen LogP contribution in [0.2, 0.25) is 0 Å². The van der Waals surface area contributed by atoms with Gasteiger partial charge in [0.15, 0.2) is 0 Å². The third-order valence-corrected chi connectivity index (χ3v) is 4.75. The molecule has 0 atom stereocenters. The SMILES string of the molecule is N#CCN1CCC(NC(=O)CCC2CCCCC2)CC1. The van der Waals surface area contributed by atoms with Crippen molar-refractivity contribution in [3.63, 3.8) is 0 Å². The maximum Gasteiger partial charge on any atom is 0.220 e. The van der Waals surface area contributed by atoms with E-state index in [1.807, 2.05) is 0 Å². The first-order valence-electron chi connectivity index (χ1n) is 8.16. The van der Waals surface area contributed by atoms with E-state index in [1.165, 1.54) is 32.1 Å². The molecule has 0 unspecified atom stereocenters. The summed E-state index contributed by atoms with van der Waals surface area (Å²) in [6.45, 7) is 2.38. The molecule has 20 heavy (non-hydrogen) atoms. The van der Waals surface area contributed by atoms with E-state index in [1.54, 1.807) is 0 Å². The Morgan fingerprint density at radius 1 is 1.15 bits per heavy atom. The molecule has 2 rings (SSSR count). The van der Waals surface area contributed by atoms with Crippen LogP contribution >= 0.6 is 0 Å². The Morgan fingerprint density at radius 3 is 2.50 bits per heavy atom. The lowest BCUT2D eigenvalue weighted by Gasteiger charge is -2.30. The average molecular weight is 277 g/mol. The minimum atomic E-state index is 0.231. The van der Waals surface area contributed by atoms with E-state index in [0.717, 1.165) is 38.3 Å². The molecule has 1 heterocycles. The van der Waals surface area contributed by atoms with Gasteiger partial charge in [-0.05, 0) is 25.2 Å². The summed E-state index contributed by atoms with van der Waals surface area (Å²) in [5.41, 5.74) is 0. The summed E-state index contributed by atoms with van der Waals surface area (Å²) < 4.78 is 0. The molecule has 2 fully saturated rings. The van der Waals surface area contributed by atoms with Gasteiger partial charge in [0.25, 0.3) is 0 Å². The highest BCUT2D eigenvalue weighted by Crippen LogP contribution is 2.27. The van der Waals surface area contributed by atoms with Gasteiger partial charge in [-0.15, -0.1) is 0 Å². The zero-order valence-corrected chi connectivity index (χ0v) is 12.4. The zero-order chi connectivity index (χ0) is 14.2. The number of hydrogen-bond donors (Lipinski definition) is 1. The first-order valence-corrected chi connectivity index (χ1v) is 8.16. The molecule has 0 radical (unpaired) electrons. The summed E-state index contributed by atoms with van der Waals surface area (Å²) in [7, 11) is 0. The van der Waals surface area contributed by atoms with Crippen molar-refractivity contribution in [2.75, 3.05) is 19.6 Å². The summed E-state index contributed by atoms with van der Waals surface area (Å²) in [4.78, 5) is 14.1. The first-order chi connectivity index (χ1) is 9.78. The zero-order valence-electron chi connectivity index (χ0n) is 12.4. The fourth-order valence-corrected chi connectivity index (χ4v) is 3.45. The molecule has 0 aromatic heterocycles.